The van der Waals surface area contributed by atoms with Gasteiger partial charge in [-0.15, -0.1) is 0 Å². The molecule has 0 bridgehead atoms. The summed E-state index contributed by atoms with van der Waals surface area (Å²) >= 11 is 0. The average Bonchev–Trinajstić information content (AvgIpc) is 2.79. The molecule has 0 heterocycles. The van der Waals surface area contributed by atoms with Crippen molar-refractivity contribution in [3.63, 3.8) is 0 Å². The molecule has 0 fully saturated rings. The van der Waals surface area contributed by atoms with Crippen molar-refractivity contribution < 1.29 is 5.11 Å². The smallest absolute Gasteiger partial charge is 0.0614 e. The Labute approximate surface area is 225 Å². The van der Waals surface area contributed by atoms with E-state index in [0.717, 1.165) is 38.5 Å². The van der Waals surface area contributed by atoms with Crippen molar-refractivity contribution >= 4 is 0 Å². The third-order valence-corrected chi connectivity index (χ3v) is 6.69. The molecule has 204 valence electrons. The van der Waals surface area contributed by atoms with Crippen LogP contribution in [0.3, 0.4) is 0 Å². The third kappa shape index (κ3) is 22.6. The number of aliphatic hydroxyl groups is 1. The fourth-order valence-corrected chi connectivity index (χ4v) is 4.09. The molecule has 1 nitrogen and oxygen atoms in total. The standard InChI is InChI=1S/C35H58O/c1-29(2)15-9-16-30(3)17-10-18-31(4)19-11-20-32(5)21-12-22-33(6)23-13-24-34(7)25-14-26-35(8)27-28-36/h15,17,19,21,23,25,27,36H,9-14,16,18,20,22,24,26,28H2,1-8H3. The van der Waals surface area contributed by atoms with E-state index in [-0.39, 0.29) is 6.61 Å². The van der Waals surface area contributed by atoms with Crippen LogP contribution in [0.15, 0.2) is 81.5 Å². The quantitative estimate of drug-likeness (QED) is 0.177. The Morgan fingerprint density at radius 1 is 0.361 bits per heavy atom. The minimum Gasteiger partial charge on any atom is -0.392 e. The Balaban J connectivity index is 4.14. The summed E-state index contributed by atoms with van der Waals surface area (Å²) in [6, 6.07) is 0. The van der Waals surface area contributed by atoms with Crippen LogP contribution in [0.4, 0.5) is 0 Å². The largest absolute Gasteiger partial charge is 0.392 e. The Morgan fingerprint density at radius 3 is 0.806 bits per heavy atom. The van der Waals surface area contributed by atoms with Gasteiger partial charge in [-0.3, -0.25) is 0 Å². The summed E-state index contributed by atoms with van der Waals surface area (Å²) in [5.74, 6) is 0. The van der Waals surface area contributed by atoms with Crippen LogP contribution in [0, 0.1) is 0 Å². The van der Waals surface area contributed by atoms with E-state index in [1.54, 1.807) is 0 Å². The van der Waals surface area contributed by atoms with E-state index in [9.17, 15) is 0 Å². The van der Waals surface area contributed by atoms with Crippen LogP contribution in [0.1, 0.15) is 132 Å². The zero-order valence-electron chi connectivity index (χ0n) is 25.2. The molecular weight excluding hydrogens is 436 g/mol. The summed E-state index contributed by atoms with van der Waals surface area (Å²) in [6.07, 6.45) is 30.1. The molecule has 0 saturated heterocycles. The minimum absolute atomic E-state index is 0.152. The fourth-order valence-electron chi connectivity index (χ4n) is 4.09. The molecule has 0 aromatic heterocycles. The number of hydrogen-bond acceptors (Lipinski definition) is 1. The first-order chi connectivity index (χ1) is 17.1. The first-order valence-corrected chi connectivity index (χ1v) is 14.3. The highest BCUT2D eigenvalue weighted by atomic mass is 16.2. The second-order valence-corrected chi connectivity index (χ2v) is 11.0. The summed E-state index contributed by atoms with van der Waals surface area (Å²) < 4.78 is 0. The highest BCUT2D eigenvalue weighted by Gasteiger charge is 1.96. The van der Waals surface area contributed by atoms with Crippen LogP contribution in [-0.2, 0) is 0 Å². The van der Waals surface area contributed by atoms with Crippen LogP contribution < -0.4 is 0 Å². The van der Waals surface area contributed by atoms with Crippen LogP contribution >= 0.6 is 0 Å². The lowest BCUT2D eigenvalue weighted by Crippen LogP contribution is -1.84. The molecule has 0 aliphatic rings. The lowest BCUT2D eigenvalue weighted by Gasteiger charge is -2.04. The Morgan fingerprint density at radius 2 is 0.583 bits per heavy atom. The zero-order chi connectivity index (χ0) is 27.2. The molecule has 0 saturated carbocycles. The van der Waals surface area contributed by atoms with Gasteiger partial charge in [0.2, 0.25) is 0 Å². The molecule has 0 aliphatic heterocycles. The SMILES string of the molecule is CC(C)=CCCC(C)=CCCC(C)=CCCC(C)=CCCC(C)=CCCC(C)=CCCC(C)=CCO. The van der Waals surface area contributed by atoms with Gasteiger partial charge in [0.05, 0.1) is 6.61 Å². The molecule has 1 N–H and O–H groups in total. The van der Waals surface area contributed by atoms with Crippen molar-refractivity contribution in [2.45, 2.75) is 132 Å². The Hall–Kier alpha value is -1.86. The van der Waals surface area contributed by atoms with Gasteiger partial charge in [-0.2, -0.15) is 0 Å². The lowest BCUT2D eigenvalue weighted by atomic mass is 10.0. The van der Waals surface area contributed by atoms with Crippen LogP contribution in [0.25, 0.3) is 0 Å². The Bertz CT molecular complexity index is 804. The average molecular weight is 495 g/mol. The summed E-state index contributed by atoms with van der Waals surface area (Å²) in [7, 11) is 0. The van der Waals surface area contributed by atoms with Crippen molar-refractivity contribution in [2.75, 3.05) is 6.61 Å². The van der Waals surface area contributed by atoms with E-state index in [2.05, 4.69) is 91.8 Å². The van der Waals surface area contributed by atoms with Crippen LogP contribution in [-0.4, -0.2) is 11.7 Å². The van der Waals surface area contributed by atoms with Crippen LogP contribution in [0.2, 0.25) is 0 Å². The van der Waals surface area contributed by atoms with Gasteiger partial charge in [0, 0.05) is 0 Å². The van der Waals surface area contributed by atoms with Gasteiger partial charge >= 0.3 is 0 Å². The predicted octanol–water partition coefficient (Wildman–Crippen LogP) is 11.3. The molecule has 0 unspecified atom stereocenters. The first kappa shape index (κ1) is 34.1. The third-order valence-electron chi connectivity index (χ3n) is 6.69. The maximum atomic E-state index is 8.93. The van der Waals surface area contributed by atoms with Crippen molar-refractivity contribution in [2.24, 2.45) is 0 Å². The number of allylic oxidation sites excluding steroid dienone is 13. The van der Waals surface area contributed by atoms with E-state index >= 15 is 0 Å². The van der Waals surface area contributed by atoms with Gasteiger partial charge < -0.3 is 5.11 Å². The van der Waals surface area contributed by atoms with Crippen molar-refractivity contribution in [3.05, 3.63) is 81.5 Å². The molecule has 0 rings (SSSR count). The van der Waals surface area contributed by atoms with Crippen molar-refractivity contribution in [3.8, 4) is 0 Å². The van der Waals surface area contributed by atoms with E-state index < -0.39 is 0 Å². The second-order valence-electron chi connectivity index (χ2n) is 11.0. The van der Waals surface area contributed by atoms with E-state index in [1.165, 1.54) is 77.5 Å². The molecule has 0 aromatic rings. The maximum absolute atomic E-state index is 8.93. The molecule has 0 amide bonds. The van der Waals surface area contributed by atoms with E-state index in [1.807, 2.05) is 6.08 Å². The molecule has 0 atom stereocenters. The molecule has 36 heavy (non-hydrogen) atoms. The van der Waals surface area contributed by atoms with Gasteiger partial charge in [0.15, 0.2) is 0 Å². The van der Waals surface area contributed by atoms with E-state index in [4.69, 9.17) is 5.11 Å². The number of rotatable bonds is 19. The second kappa shape index (κ2) is 22.3. The number of hydrogen-bond donors (Lipinski definition) is 1. The molecule has 1 heteroatoms. The van der Waals surface area contributed by atoms with Gasteiger partial charge in [-0.25, -0.2) is 0 Å². The summed E-state index contributed by atoms with van der Waals surface area (Å²) in [5, 5.41) is 8.93. The highest BCUT2D eigenvalue weighted by Crippen LogP contribution is 2.16. The normalized spacial score (nSPS) is 14.5. The lowest BCUT2D eigenvalue weighted by molar-refractivity contribution is 0.341. The van der Waals surface area contributed by atoms with Gasteiger partial charge in [-0.05, 0) is 132 Å². The molecule has 0 spiro atoms. The van der Waals surface area contributed by atoms with Gasteiger partial charge in [0.25, 0.3) is 0 Å². The minimum atomic E-state index is 0.152. The topological polar surface area (TPSA) is 20.2 Å². The molecular formula is C35H58O. The molecule has 0 radical (unpaired) electrons. The van der Waals surface area contributed by atoms with Crippen molar-refractivity contribution in [1.82, 2.24) is 0 Å². The Kier molecular flexibility index (Phi) is 21.2. The predicted molar refractivity (Wildman–Crippen MR) is 164 cm³/mol. The van der Waals surface area contributed by atoms with Crippen LogP contribution in [0.5, 0.6) is 0 Å². The monoisotopic (exact) mass is 494 g/mol. The van der Waals surface area contributed by atoms with E-state index in [0.29, 0.717) is 0 Å². The maximum Gasteiger partial charge on any atom is 0.0614 e. The fraction of sp³-hybridized carbons (Fsp3) is 0.600. The summed E-state index contributed by atoms with van der Waals surface area (Å²) in [6.45, 7) is 17.9. The number of aliphatic hydroxyl groups excluding tert-OH is 1. The first-order valence-electron chi connectivity index (χ1n) is 14.3. The zero-order valence-corrected chi connectivity index (χ0v) is 25.2. The summed E-state index contributed by atoms with van der Waals surface area (Å²) in [4.78, 5) is 0. The summed E-state index contributed by atoms with van der Waals surface area (Å²) in [5.41, 5.74) is 10.2. The highest BCUT2D eigenvalue weighted by molar-refractivity contribution is 5.09. The molecule has 0 aliphatic carbocycles. The van der Waals surface area contributed by atoms with Gasteiger partial charge in [-0.1, -0.05) is 81.5 Å². The van der Waals surface area contributed by atoms with Gasteiger partial charge in [0.1, 0.15) is 0 Å². The van der Waals surface area contributed by atoms with Crippen molar-refractivity contribution in [1.29, 1.82) is 0 Å². The molecule has 0 aromatic carbocycles.